The topological polar surface area (TPSA) is 84.7 Å². The van der Waals surface area contributed by atoms with E-state index >= 15 is 0 Å². The smallest absolute Gasteiger partial charge is 0.267 e. The van der Waals surface area contributed by atoms with E-state index in [1.54, 1.807) is 17.9 Å². The number of nitrogens with zero attached hydrogens (tertiary/aromatic N) is 4. The number of aromatic nitrogens is 2. The summed E-state index contributed by atoms with van der Waals surface area (Å²) >= 11 is 0. The average Bonchev–Trinajstić information content (AvgIpc) is 2.82. The molecule has 8 nitrogen and oxygen atoms in total. The van der Waals surface area contributed by atoms with Crippen molar-refractivity contribution in [3.8, 4) is 5.75 Å². The second kappa shape index (κ2) is 10.2. The number of hydrogen-bond donors (Lipinski definition) is 0. The molecule has 2 aliphatic rings. The van der Waals surface area contributed by atoms with E-state index in [-0.39, 0.29) is 42.6 Å². The first-order valence-corrected chi connectivity index (χ1v) is 11.7. The Kier molecular flexibility index (Phi) is 7.11. The molecule has 0 saturated carbocycles. The summed E-state index contributed by atoms with van der Waals surface area (Å²) in [5.74, 6) is 0.554. The Morgan fingerprint density at radius 3 is 2.70 bits per heavy atom. The minimum atomic E-state index is -0.288. The number of carbonyl (C=O) groups is 2. The Morgan fingerprint density at radius 1 is 1.06 bits per heavy atom. The van der Waals surface area contributed by atoms with Crippen molar-refractivity contribution >= 4 is 11.8 Å². The lowest BCUT2D eigenvalue weighted by Gasteiger charge is -2.45. The van der Waals surface area contributed by atoms with Crippen LogP contribution in [0.3, 0.4) is 0 Å². The summed E-state index contributed by atoms with van der Waals surface area (Å²) in [5, 5.41) is 4.22. The summed E-state index contributed by atoms with van der Waals surface area (Å²) in [5.41, 5.74) is 1.51. The van der Waals surface area contributed by atoms with E-state index in [1.165, 1.54) is 10.7 Å². The molecule has 4 rings (SSSR count). The number of piperidine rings is 1. The van der Waals surface area contributed by atoms with Crippen molar-refractivity contribution in [1.82, 2.24) is 19.6 Å². The predicted octanol–water partition coefficient (Wildman–Crippen LogP) is 2.18. The van der Waals surface area contributed by atoms with Crippen molar-refractivity contribution in [1.29, 1.82) is 0 Å². The van der Waals surface area contributed by atoms with Gasteiger partial charge in [0.05, 0.1) is 17.8 Å². The fourth-order valence-electron chi connectivity index (χ4n) is 4.98. The van der Waals surface area contributed by atoms with Gasteiger partial charge in [0.1, 0.15) is 12.3 Å². The van der Waals surface area contributed by atoms with E-state index in [9.17, 15) is 14.4 Å². The standard InChI is InChI=1S/C25H32N4O4/c1-18-13-14-23(30)29(26-18)16-24(31)28-15-7-11-20-21(28)10-5-3-8-19-9-4-6-12-22(19)33-17-25(32)27(20)2/h4,6,9,12-14,20-21H,3,5,7-8,10-11,15-17H2,1-2H3/t20-,21-/m1/s1. The second-order valence-electron chi connectivity index (χ2n) is 8.98. The summed E-state index contributed by atoms with van der Waals surface area (Å²) in [6.07, 6.45) is 5.24. The lowest BCUT2D eigenvalue weighted by Crippen LogP contribution is -2.58. The van der Waals surface area contributed by atoms with Gasteiger partial charge in [-0.3, -0.25) is 14.4 Å². The van der Waals surface area contributed by atoms with Gasteiger partial charge < -0.3 is 14.5 Å². The molecular weight excluding hydrogens is 420 g/mol. The zero-order chi connectivity index (χ0) is 23.4. The molecule has 3 heterocycles. The highest BCUT2D eigenvalue weighted by Gasteiger charge is 2.38. The van der Waals surface area contributed by atoms with Crippen LogP contribution in [-0.4, -0.2) is 63.7 Å². The van der Waals surface area contributed by atoms with Gasteiger partial charge in [-0.1, -0.05) is 24.6 Å². The van der Waals surface area contributed by atoms with Crippen LogP contribution in [0.2, 0.25) is 0 Å². The number of aryl methyl sites for hydroxylation is 2. The maximum atomic E-state index is 13.3. The number of benzene rings is 1. The minimum absolute atomic E-state index is 0.0205. The number of likely N-dealkylation sites (N-methyl/N-ethyl adjacent to an activating group) is 1. The molecule has 0 unspecified atom stereocenters. The maximum Gasteiger partial charge on any atom is 0.267 e. The van der Waals surface area contributed by atoms with Gasteiger partial charge in [0.25, 0.3) is 11.5 Å². The number of likely N-dealkylation sites (tertiary alicyclic amines) is 1. The quantitative estimate of drug-likeness (QED) is 0.697. The molecule has 0 spiro atoms. The molecule has 0 aliphatic carbocycles. The van der Waals surface area contributed by atoms with E-state index < -0.39 is 0 Å². The number of rotatable bonds is 2. The monoisotopic (exact) mass is 452 g/mol. The van der Waals surface area contributed by atoms with Crippen LogP contribution in [0.15, 0.2) is 41.2 Å². The third-order valence-electron chi connectivity index (χ3n) is 6.76. The number of para-hydroxylation sites is 1. The molecule has 8 heteroatoms. The van der Waals surface area contributed by atoms with Crippen LogP contribution >= 0.6 is 0 Å². The molecule has 2 aliphatic heterocycles. The Hall–Kier alpha value is -3.16. The summed E-state index contributed by atoms with van der Waals surface area (Å²) in [4.78, 5) is 42.1. The summed E-state index contributed by atoms with van der Waals surface area (Å²) < 4.78 is 7.11. The van der Waals surface area contributed by atoms with E-state index in [0.717, 1.165) is 49.8 Å². The van der Waals surface area contributed by atoms with Crippen LogP contribution in [-0.2, 0) is 22.6 Å². The lowest BCUT2D eigenvalue weighted by molar-refractivity contribution is -0.144. The van der Waals surface area contributed by atoms with Gasteiger partial charge in [-0.2, -0.15) is 5.10 Å². The van der Waals surface area contributed by atoms with E-state index in [1.807, 2.05) is 36.2 Å². The minimum Gasteiger partial charge on any atom is -0.483 e. The molecule has 1 aromatic heterocycles. The highest BCUT2D eigenvalue weighted by molar-refractivity contribution is 5.79. The second-order valence-corrected chi connectivity index (χ2v) is 8.98. The highest BCUT2D eigenvalue weighted by atomic mass is 16.5. The lowest BCUT2D eigenvalue weighted by atomic mass is 9.90. The number of hydrogen-bond acceptors (Lipinski definition) is 5. The third kappa shape index (κ3) is 5.26. The van der Waals surface area contributed by atoms with Gasteiger partial charge in [-0.05, 0) is 56.7 Å². The molecule has 176 valence electrons. The Morgan fingerprint density at radius 2 is 1.85 bits per heavy atom. The van der Waals surface area contributed by atoms with Crippen LogP contribution < -0.4 is 10.3 Å². The molecule has 0 bridgehead atoms. The fraction of sp³-hybridized carbons (Fsp3) is 0.520. The summed E-state index contributed by atoms with van der Waals surface area (Å²) in [7, 11) is 1.81. The van der Waals surface area contributed by atoms with Crippen molar-refractivity contribution in [3.63, 3.8) is 0 Å². The number of fused-ring (bicyclic) bond motifs is 2. The third-order valence-corrected chi connectivity index (χ3v) is 6.76. The molecule has 33 heavy (non-hydrogen) atoms. The maximum absolute atomic E-state index is 13.3. The van der Waals surface area contributed by atoms with E-state index in [4.69, 9.17) is 4.74 Å². The molecule has 2 amide bonds. The summed E-state index contributed by atoms with van der Waals surface area (Å²) in [6.45, 7) is 2.32. The first kappa shape index (κ1) is 23.0. The van der Waals surface area contributed by atoms with Crippen LogP contribution in [0.1, 0.15) is 43.4 Å². The average molecular weight is 453 g/mol. The van der Waals surface area contributed by atoms with E-state index in [0.29, 0.717) is 12.2 Å². The highest BCUT2D eigenvalue weighted by Crippen LogP contribution is 2.28. The van der Waals surface area contributed by atoms with Crippen LogP contribution in [0.4, 0.5) is 0 Å². The molecule has 0 radical (unpaired) electrons. The fourth-order valence-corrected chi connectivity index (χ4v) is 4.98. The first-order chi connectivity index (χ1) is 15.9. The van der Waals surface area contributed by atoms with Crippen molar-refractivity contribution in [3.05, 3.63) is 58.0 Å². The normalized spacial score (nSPS) is 21.8. The molecule has 1 fully saturated rings. The van der Waals surface area contributed by atoms with Crippen molar-refractivity contribution in [2.45, 2.75) is 64.1 Å². The largest absolute Gasteiger partial charge is 0.483 e. The zero-order valence-corrected chi connectivity index (χ0v) is 19.4. The number of amides is 2. The van der Waals surface area contributed by atoms with Crippen molar-refractivity contribution in [2.24, 2.45) is 0 Å². The van der Waals surface area contributed by atoms with Gasteiger partial charge >= 0.3 is 0 Å². The Balaban J connectivity index is 1.55. The van der Waals surface area contributed by atoms with Crippen molar-refractivity contribution in [2.75, 3.05) is 20.2 Å². The Bertz CT molecular complexity index is 1070. The van der Waals surface area contributed by atoms with Gasteiger partial charge in [0.2, 0.25) is 5.91 Å². The van der Waals surface area contributed by atoms with Gasteiger partial charge in [0, 0.05) is 19.7 Å². The first-order valence-electron chi connectivity index (χ1n) is 11.7. The zero-order valence-electron chi connectivity index (χ0n) is 19.4. The van der Waals surface area contributed by atoms with Crippen LogP contribution in [0.25, 0.3) is 0 Å². The van der Waals surface area contributed by atoms with Gasteiger partial charge in [-0.15, -0.1) is 0 Å². The number of ether oxygens (including phenoxy) is 1. The molecular formula is C25H32N4O4. The van der Waals surface area contributed by atoms with Gasteiger partial charge in [0.15, 0.2) is 6.61 Å². The number of carbonyl (C=O) groups excluding carboxylic acids is 2. The van der Waals surface area contributed by atoms with Crippen LogP contribution in [0.5, 0.6) is 5.75 Å². The molecule has 1 saturated heterocycles. The van der Waals surface area contributed by atoms with Crippen LogP contribution in [0, 0.1) is 6.92 Å². The Labute approximate surface area is 194 Å². The summed E-state index contributed by atoms with van der Waals surface area (Å²) in [6, 6.07) is 10.8. The predicted molar refractivity (Wildman–Crippen MR) is 124 cm³/mol. The molecule has 0 N–H and O–H groups in total. The van der Waals surface area contributed by atoms with E-state index in [2.05, 4.69) is 5.10 Å². The van der Waals surface area contributed by atoms with Crippen molar-refractivity contribution < 1.29 is 14.3 Å². The molecule has 2 atom stereocenters. The SMILES string of the molecule is Cc1ccc(=O)n(CC(=O)N2CCC[C@@H]3[C@H]2CCCCc2ccccc2OCC(=O)N3C)n1. The molecule has 1 aromatic carbocycles. The van der Waals surface area contributed by atoms with Gasteiger partial charge in [-0.25, -0.2) is 4.68 Å². The molecule has 2 aromatic rings.